The summed E-state index contributed by atoms with van der Waals surface area (Å²) in [5, 5.41) is 19.8. The summed E-state index contributed by atoms with van der Waals surface area (Å²) in [6.07, 6.45) is 7.80. The minimum atomic E-state index is -0.748. The van der Waals surface area contributed by atoms with E-state index < -0.39 is 12.1 Å². The Labute approximate surface area is 172 Å². The van der Waals surface area contributed by atoms with Crippen LogP contribution in [0.4, 0.5) is 0 Å². The number of halogens is 1. The molecular weight excluding hydrogens is 378 g/mol. The number of aliphatic hydroxyl groups excluding tert-OH is 1. The summed E-state index contributed by atoms with van der Waals surface area (Å²) in [5.74, 6) is -0.534. The minimum absolute atomic E-state index is 0.203. The molecule has 0 radical (unpaired) electrons. The van der Waals surface area contributed by atoms with Crippen LogP contribution in [0.2, 0.25) is 5.02 Å². The number of unbranched alkanes of at least 4 members (excludes halogenated alkanes) is 3. The molecule has 2 atom stereocenters. The maximum Gasteiger partial charge on any atom is 0.303 e. The van der Waals surface area contributed by atoms with Crippen LogP contribution in [0.15, 0.2) is 24.3 Å². The Balaban J connectivity index is 1.74. The number of hydrogen-bond donors (Lipinski definition) is 2. The second kappa shape index (κ2) is 12.1. The molecule has 1 heterocycles. The third-order valence-electron chi connectivity index (χ3n) is 5.42. The van der Waals surface area contributed by atoms with E-state index in [1.54, 1.807) is 0 Å². The monoisotopic (exact) mass is 409 g/mol. The number of likely N-dealkylation sites (tertiary alicyclic amines) is 1. The maximum absolute atomic E-state index is 12.4. The molecule has 1 aromatic rings. The number of benzene rings is 1. The lowest BCUT2D eigenvalue weighted by Crippen LogP contribution is -2.44. The fourth-order valence-electron chi connectivity index (χ4n) is 3.93. The van der Waals surface area contributed by atoms with Gasteiger partial charge in [0.2, 0.25) is 5.91 Å². The summed E-state index contributed by atoms with van der Waals surface area (Å²) in [5.41, 5.74) is 1.03. The van der Waals surface area contributed by atoms with Gasteiger partial charge in [0, 0.05) is 30.5 Å². The van der Waals surface area contributed by atoms with E-state index >= 15 is 0 Å². The van der Waals surface area contributed by atoms with Crippen LogP contribution in [0.1, 0.15) is 69.8 Å². The smallest absolute Gasteiger partial charge is 0.303 e. The lowest BCUT2D eigenvalue weighted by Gasteiger charge is -2.36. The fourth-order valence-corrected chi connectivity index (χ4v) is 4.15. The molecule has 0 saturated carbocycles. The molecule has 28 heavy (non-hydrogen) atoms. The van der Waals surface area contributed by atoms with Crippen molar-refractivity contribution in [1.29, 1.82) is 0 Å². The van der Waals surface area contributed by atoms with Gasteiger partial charge in [0.15, 0.2) is 0 Å². The first-order valence-corrected chi connectivity index (χ1v) is 10.8. The molecule has 1 aliphatic heterocycles. The SMILES string of the molecule is O=C(O)CCCCCCN1C(=O)CCC[C@@H]1CCC(O)Cc1cccc(Cl)c1. The van der Waals surface area contributed by atoms with E-state index in [-0.39, 0.29) is 18.4 Å². The van der Waals surface area contributed by atoms with E-state index in [0.717, 1.165) is 50.6 Å². The van der Waals surface area contributed by atoms with Crippen molar-refractivity contribution in [3.63, 3.8) is 0 Å². The van der Waals surface area contributed by atoms with Crippen LogP contribution in [0, 0.1) is 0 Å². The molecule has 0 aliphatic carbocycles. The third-order valence-corrected chi connectivity index (χ3v) is 5.66. The largest absolute Gasteiger partial charge is 0.481 e. The van der Waals surface area contributed by atoms with E-state index in [0.29, 0.717) is 30.7 Å². The molecule has 0 spiro atoms. The highest BCUT2D eigenvalue weighted by molar-refractivity contribution is 6.30. The molecule has 1 fully saturated rings. The topological polar surface area (TPSA) is 77.8 Å². The van der Waals surface area contributed by atoms with Crippen molar-refractivity contribution in [3.8, 4) is 0 Å². The summed E-state index contributed by atoms with van der Waals surface area (Å²) in [6, 6.07) is 7.77. The van der Waals surface area contributed by atoms with Gasteiger partial charge in [-0.1, -0.05) is 36.6 Å². The Morgan fingerprint density at radius 2 is 2.04 bits per heavy atom. The van der Waals surface area contributed by atoms with Crippen molar-refractivity contribution in [1.82, 2.24) is 4.90 Å². The number of nitrogens with zero attached hydrogens (tertiary/aromatic N) is 1. The average Bonchev–Trinajstić information content (AvgIpc) is 2.64. The first kappa shape index (κ1) is 22.7. The van der Waals surface area contributed by atoms with Crippen molar-refractivity contribution in [2.24, 2.45) is 0 Å². The number of carboxylic acids is 1. The summed E-state index contributed by atoms with van der Waals surface area (Å²) in [7, 11) is 0. The molecule has 1 aliphatic rings. The van der Waals surface area contributed by atoms with Crippen LogP contribution in [-0.2, 0) is 16.0 Å². The molecule has 0 bridgehead atoms. The van der Waals surface area contributed by atoms with E-state index in [1.807, 2.05) is 29.2 Å². The van der Waals surface area contributed by atoms with Crippen molar-refractivity contribution in [2.45, 2.75) is 82.8 Å². The Morgan fingerprint density at radius 1 is 1.25 bits per heavy atom. The van der Waals surface area contributed by atoms with Gasteiger partial charge in [0.25, 0.3) is 0 Å². The molecule has 5 nitrogen and oxygen atoms in total. The van der Waals surface area contributed by atoms with Crippen LogP contribution in [0.25, 0.3) is 0 Å². The Bertz CT molecular complexity index is 637. The number of aliphatic hydroxyl groups is 1. The van der Waals surface area contributed by atoms with Gasteiger partial charge in [0.1, 0.15) is 0 Å². The van der Waals surface area contributed by atoms with E-state index in [2.05, 4.69) is 0 Å². The number of rotatable bonds is 12. The average molecular weight is 410 g/mol. The first-order chi connectivity index (χ1) is 13.5. The van der Waals surface area contributed by atoms with Crippen molar-refractivity contribution >= 4 is 23.5 Å². The first-order valence-electron chi connectivity index (χ1n) is 10.4. The molecule has 2 N–H and O–H groups in total. The zero-order valence-electron chi connectivity index (χ0n) is 16.5. The van der Waals surface area contributed by atoms with Crippen LogP contribution in [0.5, 0.6) is 0 Å². The van der Waals surface area contributed by atoms with Gasteiger partial charge < -0.3 is 15.1 Å². The van der Waals surface area contributed by atoms with Gasteiger partial charge in [-0.05, 0) is 62.6 Å². The van der Waals surface area contributed by atoms with E-state index in [9.17, 15) is 14.7 Å². The highest BCUT2D eigenvalue weighted by atomic mass is 35.5. The minimum Gasteiger partial charge on any atom is -0.481 e. The van der Waals surface area contributed by atoms with Gasteiger partial charge in [-0.25, -0.2) is 0 Å². The number of hydrogen-bond acceptors (Lipinski definition) is 3. The number of carbonyl (C=O) groups excluding carboxylic acids is 1. The van der Waals surface area contributed by atoms with Gasteiger partial charge in [0.05, 0.1) is 6.10 Å². The fraction of sp³-hybridized carbons (Fsp3) is 0.636. The van der Waals surface area contributed by atoms with Crippen LogP contribution in [-0.4, -0.2) is 45.7 Å². The van der Waals surface area contributed by atoms with Crippen LogP contribution in [0.3, 0.4) is 0 Å². The lowest BCUT2D eigenvalue weighted by molar-refractivity contribution is -0.137. The molecule has 1 saturated heterocycles. The van der Waals surface area contributed by atoms with Gasteiger partial charge in [-0.2, -0.15) is 0 Å². The second-order valence-electron chi connectivity index (χ2n) is 7.76. The molecule has 1 aromatic carbocycles. The van der Waals surface area contributed by atoms with Gasteiger partial charge in [-0.3, -0.25) is 9.59 Å². The summed E-state index contributed by atoms with van der Waals surface area (Å²) < 4.78 is 0. The third kappa shape index (κ3) is 8.19. The zero-order chi connectivity index (χ0) is 20.4. The van der Waals surface area contributed by atoms with Crippen molar-refractivity contribution in [3.05, 3.63) is 34.9 Å². The Morgan fingerprint density at radius 3 is 2.79 bits per heavy atom. The van der Waals surface area contributed by atoms with Crippen molar-refractivity contribution < 1.29 is 19.8 Å². The van der Waals surface area contributed by atoms with E-state index in [4.69, 9.17) is 16.7 Å². The second-order valence-corrected chi connectivity index (χ2v) is 8.19. The summed E-state index contributed by atoms with van der Waals surface area (Å²) in [4.78, 5) is 24.9. The molecule has 1 amide bonds. The number of carboxylic acid groups (broad SMARTS) is 1. The standard InChI is InChI=1S/C22H32ClNO4/c23-18-8-5-7-17(15-18)16-20(25)13-12-19-9-6-10-21(26)24(19)14-4-2-1-3-11-22(27)28/h5,7-8,15,19-20,25H,1-4,6,9-14,16H2,(H,27,28)/t19-,20?/m1/s1. The lowest BCUT2D eigenvalue weighted by atomic mass is 9.94. The highest BCUT2D eigenvalue weighted by Gasteiger charge is 2.27. The molecular formula is C22H32ClNO4. The maximum atomic E-state index is 12.4. The highest BCUT2D eigenvalue weighted by Crippen LogP contribution is 2.24. The molecule has 1 unspecified atom stereocenters. The van der Waals surface area contributed by atoms with Crippen molar-refractivity contribution in [2.75, 3.05) is 6.54 Å². The van der Waals surface area contributed by atoms with Gasteiger partial charge in [-0.15, -0.1) is 0 Å². The summed E-state index contributed by atoms with van der Waals surface area (Å²) >= 11 is 6.00. The number of amides is 1. The predicted molar refractivity (Wildman–Crippen MR) is 110 cm³/mol. The number of piperidine rings is 1. The molecule has 0 aromatic heterocycles. The quantitative estimate of drug-likeness (QED) is 0.500. The van der Waals surface area contributed by atoms with Gasteiger partial charge >= 0.3 is 5.97 Å². The van der Waals surface area contributed by atoms with E-state index in [1.165, 1.54) is 0 Å². The van der Waals surface area contributed by atoms with Crippen LogP contribution < -0.4 is 0 Å². The zero-order valence-corrected chi connectivity index (χ0v) is 17.2. The summed E-state index contributed by atoms with van der Waals surface area (Å²) in [6.45, 7) is 0.737. The number of carbonyl (C=O) groups is 2. The molecule has 156 valence electrons. The Hall–Kier alpha value is -1.59. The molecule has 6 heteroatoms. The molecule has 2 rings (SSSR count). The normalized spacial score (nSPS) is 18.3. The predicted octanol–water partition coefficient (Wildman–Crippen LogP) is 4.44. The van der Waals surface area contributed by atoms with Crippen LogP contribution >= 0.6 is 11.6 Å². The Kier molecular flexibility index (Phi) is 9.79. The number of aliphatic carboxylic acids is 1.